The van der Waals surface area contributed by atoms with Crippen LogP contribution < -0.4 is 10.1 Å². The first-order valence-electron chi connectivity index (χ1n) is 5.95. The second kappa shape index (κ2) is 6.38. The van der Waals surface area contributed by atoms with Gasteiger partial charge in [0.15, 0.2) is 0 Å². The normalized spacial score (nSPS) is 9.80. The lowest BCUT2D eigenvalue weighted by molar-refractivity contribution is -0.105. The minimum absolute atomic E-state index is 0.0846. The SMILES string of the molecule is O=CNc1cc(C(=O)O)ccc1OCc1ccccc1. The quantitative estimate of drug-likeness (QED) is 0.792. The number of nitrogens with one attached hydrogen (secondary N) is 1. The van der Waals surface area contributed by atoms with E-state index in [0.29, 0.717) is 24.5 Å². The fourth-order valence-corrected chi connectivity index (χ4v) is 1.70. The molecule has 0 radical (unpaired) electrons. The maximum absolute atomic E-state index is 10.9. The highest BCUT2D eigenvalue weighted by Crippen LogP contribution is 2.26. The maximum Gasteiger partial charge on any atom is 0.335 e. The van der Waals surface area contributed by atoms with Crippen LogP contribution in [0.3, 0.4) is 0 Å². The summed E-state index contributed by atoms with van der Waals surface area (Å²) >= 11 is 0. The van der Waals surface area contributed by atoms with Crippen LogP contribution in [0.2, 0.25) is 0 Å². The van der Waals surface area contributed by atoms with Crippen LogP contribution in [0.5, 0.6) is 5.75 Å². The summed E-state index contributed by atoms with van der Waals surface area (Å²) < 4.78 is 5.60. The Morgan fingerprint density at radius 3 is 2.60 bits per heavy atom. The van der Waals surface area contributed by atoms with E-state index >= 15 is 0 Å². The largest absolute Gasteiger partial charge is 0.487 e. The zero-order valence-corrected chi connectivity index (χ0v) is 10.6. The molecule has 0 atom stereocenters. The van der Waals surface area contributed by atoms with Crippen LogP contribution in [0.4, 0.5) is 5.69 Å². The predicted octanol–water partition coefficient (Wildman–Crippen LogP) is 2.53. The molecule has 0 aromatic heterocycles. The number of hydrogen-bond donors (Lipinski definition) is 2. The molecule has 2 aromatic carbocycles. The van der Waals surface area contributed by atoms with Crippen molar-refractivity contribution in [2.24, 2.45) is 0 Å². The Hall–Kier alpha value is -2.82. The van der Waals surface area contributed by atoms with Gasteiger partial charge < -0.3 is 15.2 Å². The zero-order chi connectivity index (χ0) is 14.4. The number of carbonyl (C=O) groups is 2. The highest BCUT2D eigenvalue weighted by molar-refractivity contribution is 5.90. The summed E-state index contributed by atoms with van der Waals surface area (Å²) in [5, 5.41) is 11.4. The first-order valence-corrected chi connectivity index (χ1v) is 5.95. The van der Waals surface area contributed by atoms with Gasteiger partial charge in [0.05, 0.1) is 11.3 Å². The Kier molecular flexibility index (Phi) is 4.34. The average Bonchev–Trinajstić information content (AvgIpc) is 2.47. The summed E-state index contributed by atoms with van der Waals surface area (Å²) in [6, 6.07) is 13.9. The first kappa shape index (κ1) is 13.6. The van der Waals surface area contributed by atoms with Crippen LogP contribution in [0.25, 0.3) is 0 Å². The van der Waals surface area contributed by atoms with Crippen molar-refractivity contribution in [1.29, 1.82) is 0 Å². The number of hydrogen-bond acceptors (Lipinski definition) is 3. The van der Waals surface area contributed by atoms with Crippen molar-refractivity contribution in [3.05, 3.63) is 59.7 Å². The molecular weight excluding hydrogens is 258 g/mol. The summed E-state index contributed by atoms with van der Waals surface area (Å²) in [6.45, 7) is 0.334. The van der Waals surface area contributed by atoms with Crippen LogP contribution >= 0.6 is 0 Å². The lowest BCUT2D eigenvalue weighted by atomic mass is 10.2. The monoisotopic (exact) mass is 271 g/mol. The first-order chi connectivity index (χ1) is 9.70. The van der Waals surface area contributed by atoms with E-state index in [4.69, 9.17) is 9.84 Å². The van der Waals surface area contributed by atoms with Crippen molar-refractivity contribution in [3.8, 4) is 5.75 Å². The third-order valence-electron chi connectivity index (χ3n) is 2.68. The summed E-state index contributed by atoms with van der Waals surface area (Å²) in [5.41, 5.74) is 1.39. The van der Waals surface area contributed by atoms with Crippen molar-refractivity contribution >= 4 is 18.1 Å². The third-order valence-corrected chi connectivity index (χ3v) is 2.68. The van der Waals surface area contributed by atoms with Gasteiger partial charge in [-0.1, -0.05) is 30.3 Å². The van der Waals surface area contributed by atoms with Crippen LogP contribution in [0.15, 0.2) is 48.5 Å². The van der Waals surface area contributed by atoms with Gasteiger partial charge in [0.2, 0.25) is 6.41 Å². The molecule has 0 saturated heterocycles. The number of aromatic carboxylic acids is 1. The molecule has 1 amide bonds. The number of amides is 1. The van der Waals surface area contributed by atoms with Gasteiger partial charge in [-0.2, -0.15) is 0 Å². The van der Waals surface area contributed by atoms with Gasteiger partial charge in [0.1, 0.15) is 12.4 Å². The Morgan fingerprint density at radius 2 is 1.95 bits per heavy atom. The molecule has 0 saturated carbocycles. The molecule has 20 heavy (non-hydrogen) atoms. The Labute approximate surface area is 115 Å². The third kappa shape index (κ3) is 3.35. The van der Waals surface area contributed by atoms with Crippen LogP contribution in [0, 0.1) is 0 Å². The number of ether oxygens (including phenoxy) is 1. The van der Waals surface area contributed by atoms with Crippen molar-refractivity contribution in [1.82, 2.24) is 0 Å². The fourth-order valence-electron chi connectivity index (χ4n) is 1.70. The van der Waals surface area contributed by atoms with Crippen molar-refractivity contribution in [3.63, 3.8) is 0 Å². The molecule has 2 rings (SSSR count). The number of anilines is 1. The molecule has 0 aliphatic heterocycles. The molecule has 2 aromatic rings. The highest BCUT2D eigenvalue weighted by atomic mass is 16.5. The molecule has 0 unspecified atom stereocenters. The lowest BCUT2D eigenvalue weighted by Gasteiger charge is -2.11. The van der Waals surface area contributed by atoms with Gasteiger partial charge >= 0.3 is 5.97 Å². The van der Waals surface area contributed by atoms with Crippen molar-refractivity contribution in [2.45, 2.75) is 6.61 Å². The van der Waals surface area contributed by atoms with Crippen LogP contribution in [-0.4, -0.2) is 17.5 Å². The molecule has 5 heteroatoms. The average molecular weight is 271 g/mol. The predicted molar refractivity (Wildman–Crippen MR) is 73.9 cm³/mol. The zero-order valence-electron chi connectivity index (χ0n) is 10.6. The smallest absolute Gasteiger partial charge is 0.335 e. The fraction of sp³-hybridized carbons (Fsp3) is 0.0667. The second-order valence-corrected chi connectivity index (χ2v) is 4.05. The van der Waals surface area contributed by atoms with Crippen molar-refractivity contribution < 1.29 is 19.4 Å². The van der Waals surface area contributed by atoms with E-state index in [-0.39, 0.29) is 5.56 Å². The molecule has 0 fully saturated rings. The van der Waals surface area contributed by atoms with E-state index in [2.05, 4.69) is 5.32 Å². The molecule has 0 aliphatic rings. The number of rotatable bonds is 6. The van der Waals surface area contributed by atoms with Gasteiger partial charge in [-0.25, -0.2) is 4.79 Å². The number of benzene rings is 2. The highest BCUT2D eigenvalue weighted by Gasteiger charge is 2.09. The van der Waals surface area contributed by atoms with E-state index < -0.39 is 5.97 Å². The molecule has 5 nitrogen and oxygen atoms in total. The standard InChI is InChI=1S/C15H13NO4/c17-10-16-13-8-12(15(18)19)6-7-14(13)20-9-11-4-2-1-3-5-11/h1-8,10H,9H2,(H,16,17)(H,18,19). The minimum atomic E-state index is -1.06. The summed E-state index contributed by atoms with van der Waals surface area (Å²) in [6.07, 6.45) is 0.482. The number of carbonyl (C=O) groups excluding carboxylic acids is 1. The topological polar surface area (TPSA) is 75.6 Å². The van der Waals surface area contributed by atoms with E-state index in [1.165, 1.54) is 18.2 Å². The van der Waals surface area contributed by atoms with Crippen LogP contribution in [0.1, 0.15) is 15.9 Å². The van der Waals surface area contributed by atoms with Gasteiger partial charge in [0.25, 0.3) is 0 Å². The summed E-state index contributed by atoms with van der Waals surface area (Å²) in [7, 11) is 0. The molecule has 0 heterocycles. The second-order valence-electron chi connectivity index (χ2n) is 4.05. The van der Waals surface area contributed by atoms with Gasteiger partial charge in [-0.05, 0) is 23.8 Å². The molecular formula is C15H13NO4. The minimum Gasteiger partial charge on any atom is -0.487 e. The van der Waals surface area contributed by atoms with E-state index in [0.717, 1.165) is 5.56 Å². The van der Waals surface area contributed by atoms with Crippen molar-refractivity contribution in [2.75, 3.05) is 5.32 Å². The van der Waals surface area contributed by atoms with Gasteiger partial charge in [0, 0.05) is 0 Å². The Bertz CT molecular complexity index is 611. The van der Waals surface area contributed by atoms with Gasteiger partial charge in [-0.3, -0.25) is 4.79 Å². The van der Waals surface area contributed by atoms with E-state index in [1.54, 1.807) is 0 Å². The summed E-state index contributed by atoms with van der Waals surface area (Å²) in [5.74, 6) is -0.639. The van der Waals surface area contributed by atoms with Crippen LogP contribution in [-0.2, 0) is 11.4 Å². The Balaban J connectivity index is 2.18. The number of carboxylic acid groups (broad SMARTS) is 1. The number of carboxylic acids is 1. The molecule has 0 aliphatic carbocycles. The van der Waals surface area contributed by atoms with Gasteiger partial charge in [-0.15, -0.1) is 0 Å². The van der Waals surface area contributed by atoms with E-state index in [9.17, 15) is 9.59 Å². The maximum atomic E-state index is 10.9. The molecule has 2 N–H and O–H groups in total. The lowest BCUT2D eigenvalue weighted by Crippen LogP contribution is -2.04. The van der Waals surface area contributed by atoms with E-state index in [1.807, 2.05) is 30.3 Å². The molecule has 102 valence electrons. The Morgan fingerprint density at radius 1 is 1.20 bits per heavy atom. The summed E-state index contributed by atoms with van der Waals surface area (Å²) in [4.78, 5) is 21.5. The molecule has 0 bridgehead atoms. The molecule has 0 spiro atoms.